The monoisotopic (exact) mass is 271 g/mol. The normalized spacial score (nSPS) is 9.00. The van der Waals surface area contributed by atoms with Crippen LogP contribution >= 0.6 is 22.6 Å². The molecule has 62 valence electrons. The lowest BCUT2D eigenvalue weighted by atomic mass is 10.3. The maximum atomic E-state index is 5.13. The first-order valence-corrected chi connectivity index (χ1v) is 4.83. The molecule has 1 nitrogen and oxygen atoms in total. The highest BCUT2D eigenvalue weighted by Crippen LogP contribution is 2.10. The summed E-state index contributed by atoms with van der Waals surface area (Å²) >= 11 is 2.28. The van der Waals surface area contributed by atoms with Gasteiger partial charge in [-0.2, -0.15) is 0 Å². The van der Waals surface area contributed by atoms with Gasteiger partial charge < -0.3 is 5.32 Å². The van der Waals surface area contributed by atoms with Crippen LogP contribution < -0.4 is 5.32 Å². The molecule has 0 fully saturated rings. The minimum Gasteiger partial charge on any atom is -0.384 e. The largest absolute Gasteiger partial charge is 0.384 e. The molecule has 0 bridgehead atoms. The van der Waals surface area contributed by atoms with Crippen LogP contribution in [-0.4, -0.2) is 6.54 Å². The summed E-state index contributed by atoms with van der Waals surface area (Å²) < 4.78 is 1.25. The van der Waals surface area contributed by atoms with E-state index in [0.29, 0.717) is 0 Å². The van der Waals surface area contributed by atoms with Crippen LogP contribution in [0.25, 0.3) is 0 Å². The number of benzene rings is 1. The van der Waals surface area contributed by atoms with E-state index in [9.17, 15) is 0 Å². The Balaban J connectivity index is 2.43. The van der Waals surface area contributed by atoms with Crippen LogP contribution in [-0.2, 0) is 0 Å². The fourth-order valence-corrected chi connectivity index (χ4v) is 1.21. The minimum atomic E-state index is 0.770. The van der Waals surface area contributed by atoms with E-state index in [1.54, 1.807) is 0 Å². The van der Waals surface area contributed by atoms with E-state index in [1.165, 1.54) is 3.57 Å². The maximum Gasteiger partial charge on any atom is 0.0341 e. The van der Waals surface area contributed by atoms with Crippen molar-refractivity contribution in [2.75, 3.05) is 11.9 Å². The van der Waals surface area contributed by atoms with Crippen molar-refractivity contribution in [3.05, 3.63) is 27.8 Å². The van der Waals surface area contributed by atoms with Gasteiger partial charge in [-0.1, -0.05) is 0 Å². The maximum absolute atomic E-state index is 5.13. The Morgan fingerprint density at radius 1 is 1.33 bits per heavy atom. The van der Waals surface area contributed by atoms with Gasteiger partial charge in [0.15, 0.2) is 0 Å². The second-order valence-corrected chi connectivity index (χ2v) is 3.63. The van der Waals surface area contributed by atoms with Crippen LogP contribution in [0.3, 0.4) is 0 Å². The molecule has 0 aliphatic heterocycles. The van der Waals surface area contributed by atoms with Crippen LogP contribution in [0.4, 0.5) is 5.69 Å². The van der Waals surface area contributed by atoms with Gasteiger partial charge in [-0.15, -0.1) is 12.3 Å². The molecule has 2 heteroatoms. The van der Waals surface area contributed by atoms with Gasteiger partial charge in [-0.3, -0.25) is 0 Å². The molecule has 0 atom stereocenters. The van der Waals surface area contributed by atoms with Gasteiger partial charge in [0.05, 0.1) is 0 Å². The molecule has 0 aromatic heterocycles. The lowest BCUT2D eigenvalue weighted by Gasteiger charge is -2.02. The summed E-state index contributed by atoms with van der Waals surface area (Å²) in [6, 6.07) is 8.24. The van der Waals surface area contributed by atoms with Gasteiger partial charge in [0, 0.05) is 22.2 Å². The Labute approximate surface area is 86.7 Å². The molecule has 0 heterocycles. The van der Waals surface area contributed by atoms with Gasteiger partial charge in [0.25, 0.3) is 0 Å². The Morgan fingerprint density at radius 3 is 2.58 bits per heavy atom. The molecular formula is C10H10IN. The molecule has 12 heavy (non-hydrogen) atoms. The zero-order chi connectivity index (χ0) is 8.81. The lowest BCUT2D eigenvalue weighted by Crippen LogP contribution is -1.99. The Kier molecular flexibility index (Phi) is 3.95. The topological polar surface area (TPSA) is 12.0 Å². The molecule has 0 amide bonds. The van der Waals surface area contributed by atoms with E-state index in [-0.39, 0.29) is 0 Å². The molecule has 0 spiro atoms. The van der Waals surface area contributed by atoms with E-state index in [1.807, 2.05) is 0 Å². The summed E-state index contributed by atoms with van der Waals surface area (Å²) in [6.45, 7) is 0.844. The highest BCUT2D eigenvalue weighted by Gasteiger charge is 1.89. The van der Waals surface area contributed by atoms with Crippen molar-refractivity contribution in [2.24, 2.45) is 0 Å². The van der Waals surface area contributed by atoms with Gasteiger partial charge in [0.1, 0.15) is 0 Å². The van der Waals surface area contributed by atoms with Crippen molar-refractivity contribution in [2.45, 2.75) is 6.42 Å². The minimum absolute atomic E-state index is 0.770. The molecule has 0 radical (unpaired) electrons. The van der Waals surface area contributed by atoms with Gasteiger partial charge in [0.2, 0.25) is 0 Å². The van der Waals surface area contributed by atoms with E-state index >= 15 is 0 Å². The molecular weight excluding hydrogens is 261 g/mol. The first kappa shape index (κ1) is 9.40. The zero-order valence-corrected chi connectivity index (χ0v) is 8.84. The molecule has 0 aliphatic rings. The first-order valence-electron chi connectivity index (χ1n) is 3.76. The number of hydrogen-bond donors (Lipinski definition) is 1. The van der Waals surface area contributed by atoms with E-state index < -0.39 is 0 Å². The summed E-state index contributed by atoms with van der Waals surface area (Å²) in [5.41, 5.74) is 1.13. The summed E-state index contributed by atoms with van der Waals surface area (Å²) in [7, 11) is 0. The number of nitrogens with one attached hydrogen (secondary N) is 1. The van der Waals surface area contributed by atoms with Gasteiger partial charge in [-0.25, -0.2) is 0 Å². The zero-order valence-electron chi connectivity index (χ0n) is 6.68. The molecule has 0 aliphatic carbocycles. The van der Waals surface area contributed by atoms with Gasteiger partial charge >= 0.3 is 0 Å². The molecule has 1 aromatic rings. The third-order valence-corrected chi connectivity index (χ3v) is 2.16. The average molecular weight is 271 g/mol. The van der Waals surface area contributed by atoms with Crippen LogP contribution in [0.15, 0.2) is 24.3 Å². The SMILES string of the molecule is C#CCCNc1ccc(I)cc1. The number of terminal acetylenes is 1. The second kappa shape index (κ2) is 5.04. The van der Waals surface area contributed by atoms with E-state index in [2.05, 4.69) is 58.1 Å². The summed E-state index contributed by atoms with van der Waals surface area (Å²) in [5.74, 6) is 2.59. The summed E-state index contributed by atoms with van der Waals surface area (Å²) in [6.07, 6.45) is 5.90. The Hall–Kier alpha value is -0.690. The van der Waals surface area contributed by atoms with Crippen molar-refractivity contribution in [1.29, 1.82) is 0 Å². The van der Waals surface area contributed by atoms with Crippen LogP contribution in [0.5, 0.6) is 0 Å². The highest BCUT2D eigenvalue weighted by molar-refractivity contribution is 14.1. The quantitative estimate of drug-likeness (QED) is 0.506. The summed E-state index contributed by atoms with van der Waals surface area (Å²) in [4.78, 5) is 0. The van der Waals surface area contributed by atoms with Crippen LogP contribution in [0.1, 0.15) is 6.42 Å². The van der Waals surface area contributed by atoms with Crippen molar-refractivity contribution < 1.29 is 0 Å². The fourth-order valence-electron chi connectivity index (χ4n) is 0.847. The fraction of sp³-hybridized carbons (Fsp3) is 0.200. The predicted molar refractivity (Wildman–Crippen MR) is 61.1 cm³/mol. The number of anilines is 1. The molecule has 1 rings (SSSR count). The van der Waals surface area contributed by atoms with Crippen molar-refractivity contribution in [1.82, 2.24) is 0 Å². The van der Waals surface area contributed by atoms with E-state index in [0.717, 1.165) is 18.7 Å². The second-order valence-electron chi connectivity index (χ2n) is 2.39. The molecule has 1 N–H and O–H groups in total. The van der Waals surface area contributed by atoms with Crippen molar-refractivity contribution in [3.63, 3.8) is 0 Å². The number of rotatable bonds is 3. The molecule has 0 saturated heterocycles. The Bertz CT molecular complexity index is 271. The number of halogens is 1. The first-order chi connectivity index (χ1) is 5.83. The predicted octanol–water partition coefficient (Wildman–Crippen LogP) is 2.73. The third-order valence-electron chi connectivity index (χ3n) is 1.44. The van der Waals surface area contributed by atoms with Crippen LogP contribution in [0, 0.1) is 15.9 Å². The van der Waals surface area contributed by atoms with Crippen LogP contribution in [0.2, 0.25) is 0 Å². The average Bonchev–Trinajstić information content (AvgIpc) is 2.09. The number of hydrogen-bond acceptors (Lipinski definition) is 1. The smallest absolute Gasteiger partial charge is 0.0341 e. The standard InChI is InChI=1S/C10H10IN/c1-2-3-8-12-10-6-4-9(11)5-7-10/h1,4-7,12H,3,8H2. The van der Waals surface area contributed by atoms with Crippen molar-refractivity contribution in [3.8, 4) is 12.3 Å². The van der Waals surface area contributed by atoms with Gasteiger partial charge in [-0.05, 0) is 46.9 Å². The third kappa shape index (κ3) is 3.14. The molecule has 0 saturated carbocycles. The Morgan fingerprint density at radius 2 is 2.00 bits per heavy atom. The highest BCUT2D eigenvalue weighted by atomic mass is 127. The van der Waals surface area contributed by atoms with E-state index in [4.69, 9.17) is 6.42 Å². The molecule has 1 aromatic carbocycles. The van der Waals surface area contributed by atoms with Crippen molar-refractivity contribution >= 4 is 28.3 Å². The lowest BCUT2D eigenvalue weighted by molar-refractivity contribution is 1.10. The molecule has 0 unspecified atom stereocenters. The summed E-state index contributed by atoms with van der Waals surface area (Å²) in [5, 5.41) is 3.23.